The largest absolute Gasteiger partial charge is 0.459 e. The number of carbonyl (C=O) groups excluding carboxylic acids is 2. The van der Waals surface area contributed by atoms with Gasteiger partial charge in [0, 0.05) is 19.0 Å². The van der Waals surface area contributed by atoms with Crippen molar-refractivity contribution in [3.8, 4) is 11.1 Å². The molecule has 0 unspecified atom stereocenters. The third-order valence-corrected chi connectivity index (χ3v) is 6.99. The van der Waals surface area contributed by atoms with E-state index < -0.39 is 0 Å². The van der Waals surface area contributed by atoms with E-state index in [-0.39, 0.29) is 17.4 Å². The van der Waals surface area contributed by atoms with E-state index in [0.717, 1.165) is 47.9 Å². The molecule has 5 nitrogen and oxygen atoms in total. The Labute approximate surface area is 240 Å². The number of nitrogens with one attached hydrogen (secondary N) is 1. The molecular weight excluding hydrogens is 503 g/mol. The van der Waals surface area contributed by atoms with Crippen LogP contribution in [0, 0.1) is 5.82 Å². The zero-order valence-corrected chi connectivity index (χ0v) is 25.1. The lowest BCUT2D eigenvalue weighted by atomic mass is 9.83. The summed E-state index contributed by atoms with van der Waals surface area (Å²) in [5, 5.41) is 3.02. The van der Waals surface area contributed by atoms with E-state index in [0.29, 0.717) is 17.7 Å². The van der Waals surface area contributed by atoms with Crippen LogP contribution in [0.15, 0.2) is 77.9 Å². The van der Waals surface area contributed by atoms with Crippen LogP contribution in [0.5, 0.6) is 0 Å². The van der Waals surface area contributed by atoms with Gasteiger partial charge in [-0.3, -0.25) is 9.59 Å². The van der Waals surface area contributed by atoms with Crippen molar-refractivity contribution in [3.63, 3.8) is 0 Å². The predicted molar refractivity (Wildman–Crippen MR) is 167 cm³/mol. The van der Waals surface area contributed by atoms with E-state index >= 15 is 0 Å². The molecule has 2 aromatic rings. The summed E-state index contributed by atoms with van der Waals surface area (Å²) in [7, 11) is 1.82. The lowest BCUT2D eigenvalue weighted by molar-refractivity contribution is -0.163. The van der Waals surface area contributed by atoms with E-state index in [1.54, 1.807) is 18.2 Å². The summed E-state index contributed by atoms with van der Waals surface area (Å²) < 4.78 is 18.3. The number of halogens is 1. The minimum absolute atomic E-state index is 0.0382. The zero-order valence-electron chi connectivity index (χ0n) is 25.1. The second kappa shape index (κ2) is 18.6. The Kier molecular flexibility index (Phi) is 16.0. The van der Waals surface area contributed by atoms with Gasteiger partial charge in [0.05, 0.1) is 11.4 Å². The molecule has 0 spiro atoms. The molecule has 0 radical (unpaired) electrons. The Morgan fingerprint density at radius 2 is 1.62 bits per heavy atom. The lowest BCUT2D eigenvalue weighted by Crippen LogP contribution is -2.36. The number of rotatable bonds is 8. The Morgan fingerprint density at radius 3 is 2.12 bits per heavy atom. The van der Waals surface area contributed by atoms with Crippen LogP contribution in [0.1, 0.15) is 79.6 Å². The van der Waals surface area contributed by atoms with Crippen molar-refractivity contribution in [1.29, 1.82) is 0 Å². The van der Waals surface area contributed by atoms with Gasteiger partial charge in [-0.15, -0.1) is 0 Å². The fraction of sp³-hybridized carbons (Fsp3) is 0.412. The Bertz CT molecular complexity index is 1140. The summed E-state index contributed by atoms with van der Waals surface area (Å²) >= 11 is 0. The maximum Gasteiger partial charge on any atom is 0.306 e. The molecule has 0 aromatic heterocycles. The maximum atomic E-state index is 12.8. The van der Waals surface area contributed by atoms with Crippen LogP contribution >= 0.6 is 0 Å². The molecule has 1 saturated carbocycles. The first kappa shape index (κ1) is 34.4. The van der Waals surface area contributed by atoms with Crippen molar-refractivity contribution in [3.05, 3.63) is 83.7 Å². The van der Waals surface area contributed by atoms with Gasteiger partial charge in [0.2, 0.25) is 0 Å². The normalized spacial score (nSPS) is 14.8. The van der Waals surface area contributed by atoms with Gasteiger partial charge in [0.15, 0.2) is 0 Å². The summed E-state index contributed by atoms with van der Waals surface area (Å²) in [5.74, 6) is -0.267. The van der Waals surface area contributed by atoms with Crippen LogP contribution in [0.4, 0.5) is 15.8 Å². The van der Waals surface area contributed by atoms with Gasteiger partial charge in [-0.25, -0.2) is 4.39 Å². The topological polar surface area (TPSA) is 81.4 Å². The van der Waals surface area contributed by atoms with E-state index in [4.69, 9.17) is 10.5 Å². The second-order valence-corrected chi connectivity index (χ2v) is 9.76. The highest BCUT2D eigenvalue weighted by atomic mass is 19.1. The number of hydrogen-bond donors (Lipinski definition) is 2. The minimum atomic E-state index is -0.229. The van der Waals surface area contributed by atoms with Crippen LogP contribution in [-0.4, -0.2) is 24.9 Å². The lowest BCUT2D eigenvalue weighted by Gasteiger charge is -2.35. The number of nitrogen functional groups attached to an aromatic ring is 1. The number of carbonyl (C=O) groups is 2. The van der Waals surface area contributed by atoms with E-state index in [2.05, 4.69) is 12.2 Å². The summed E-state index contributed by atoms with van der Waals surface area (Å²) in [6, 6.07) is 12.1. The van der Waals surface area contributed by atoms with E-state index in [9.17, 15) is 14.0 Å². The smallest absolute Gasteiger partial charge is 0.306 e. The van der Waals surface area contributed by atoms with Crippen molar-refractivity contribution in [2.24, 2.45) is 0 Å². The average molecular weight is 551 g/mol. The number of benzene rings is 2. The van der Waals surface area contributed by atoms with Crippen LogP contribution in [-0.2, 0) is 14.3 Å². The van der Waals surface area contributed by atoms with Crippen LogP contribution in [0.2, 0.25) is 0 Å². The molecule has 6 heteroatoms. The summed E-state index contributed by atoms with van der Waals surface area (Å²) in [5.41, 5.74) is 11.1. The Hall–Kier alpha value is -3.67. The summed E-state index contributed by atoms with van der Waals surface area (Å²) in [4.78, 5) is 21.5. The molecule has 0 saturated heterocycles. The highest BCUT2D eigenvalue weighted by molar-refractivity contribution is 5.77. The van der Waals surface area contributed by atoms with Gasteiger partial charge in [-0.1, -0.05) is 68.3 Å². The van der Waals surface area contributed by atoms with Gasteiger partial charge < -0.3 is 15.8 Å². The first-order chi connectivity index (χ1) is 19.2. The van der Waals surface area contributed by atoms with Crippen LogP contribution in [0.25, 0.3) is 11.1 Å². The number of allylic oxidation sites excluding steroid dienone is 6. The SMILES string of the molecule is CCC(=O)OC1(CC)CCCCC1.CNc1cc(-c2ccc(F)cc2)ccc1N.C\C=C(C)/C=C\C(C=O)=C/C. The van der Waals surface area contributed by atoms with Gasteiger partial charge in [0.1, 0.15) is 17.7 Å². The number of esters is 1. The molecule has 0 heterocycles. The molecule has 1 aliphatic rings. The Morgan fingerprint density at radius 1 is 1.00 bits per heavy atom. The highest BCUT2D eigenvalue weighted by Crippen LogP contribution is 2.34. The van der Waals surface area contributed by atoms with Crippen molar-refractivity contribution in [2.45, 2.75) is 85.2 Å². The molecule has 0 amide bonds. The van der Waals surface area contributed by atoms with Gasteiger partial charge in [-0.2, -0.15) is 0 Å². The van der Waals surface area contributed by atoms with E-state index in [1.165, 1.54) is 31.4 Å². The number of anilines is 2. The monoisotopic (exact) mass is 550 g/mol. The first-order valence-electron chi connectivity index (χ1n) is 14.1. The fourth-order valence-electron chi connectivity index (χ4n) is 4.16. The van der Waals surface area contributed by atoms with Crippen molar-refractivity contribution >= 4 is 23.6 Å². The quantitative estimate of drug-likeness (QED) is 0.113. The molecule has 3 rings (SSSR count). The molecule has 0 bridgehead atoms. The number of nitrogens with two attached hydrogens (primary N) is 1. The Balaban J connectivity index is 0.000000307. The molecule has 1 fully saturated rings. The summed E-state index contributed by atoms with van der Waals surface area (Å²) in [6.45, 7) is 9.78. The predicted octanol–water partition coefficient (Wildman–Crippen LogP) is 8.82. The molecular formula is C34H47FN2O3. The molecule has 0 atom stereocenters. The molecule has 0 aliphatic heterocycles. The minimum Gasteiger partial charge on any atom is -0.459 e. The van der Waals surface area contributed by atoms with Crippen LogP contribution in [0.3, 0.4) is 0 Å². The van der Waals surface area contributed by atoms with Crippen LogP contribution < -0.4 is 11.1 Å². The maximum absolute atomic E-state index is 12.8. The number of ether oxygens (including phenoxy) is 1. The van der Waals surface area contributed by atoms with Crippen molar-refractivity contribution in [1.82, 2.24) is 0 Å². The number of hydrogen-bond acceptors (Lipinski definition) is 5. The van der Waals surface area contributed by atoms with Gasteiger partial charge >= 0.3 is 5.97 Å². The van der Waals surface area contributed by atoms with E-state index in [1.807, 2.05) is 71.2 Å². The molecule has 218 valence electrons. The average Bonchev–Trinajstić information content (AvgIpc) is 2.99. The highest BCUT2D eigenvalue weighted by Gasteiger charge is 2.33. The van der Waals surface area contributed by atoms with Gasteiger partial charge in [0.25, 0.3) is 0 Å². The number of aldehydes is 1. The molecule has 40 heavy (non-hydrogen) atoms. The van der Waals surface area contributed by atoms with Crippen molar-refractivity contribution < 1.29 is 18.7 Å². The standard InChI is InChI=1S/C13H13FN2.C11H20O2.C10H14O/c1-16-13-8-10(4-7-12(13)15)9-2-5-11(14)6-3-9;1-3-10(12)13-11(4-2)8-6-5-7-9-11;1-4-9(3)6-7-10(5-2)8-11/h2-8,16H,15H2,1H3;3-9H2,1-2H3;4-8H,1-3H3/b;;7-6-,9-4-,10-5+. The molecule has 1 aliphatic carbocycles. The van der Waals surface area contributed by atoms with Crippen molar-refractivity contribution in [2.75, 3.05) is 18.1 Å². The first-order valence-corrected chi connectivity index (χ1v) is 14.1. The third kappa shape index (κ3) is 12.0. The second-order valence-electron chi connectivity index (χ2n) is 9.76. The third-order valence-electron chi connectivity index (χ3n) is 6.99. The van der Waals surface area contributed by atoms with Gasteiger partial charge in [-0.05, 0) is 88.3 Å². The molecule has 3 N–H and O–H groups in total. The zero-order chi connectivity index (χ0) is 30.0. The summed E-state index contributed by atoms with van der Waals surface area (Å²) in [6.07, 6.45) is 15.7. The fourth-order valence-corrected chi connectivity index (χ4v) is 4.16. The molecule has 2 aromatic carbocycles.